The fraction of sp³-hybridized carbons (Fsp3) is 0.333. The molecule has 0 radical (unpaired) electrons. The van der Waals surface area contributed by atoms with Gasteiger partial charge in [-0.05, 0) is 24.8 Å². The van der Waals surface area contributed by atoms with Crippen molar-refractivity contribution in [3.05, 3.63) is 24.5 Å². The quantitative estimate of drug-likeness (QED) is 0.481. The van der Waals surface area contributed by atoms with Crippen molar-refractivity contribution in [2.24, 2.45) is 11.7 Å². The van der Waals surface area contributed by atoms with E-state index in [1.54, 1.807) is 6.20 Å². The molecule has 1 amide bonds. The minimum absolute atomic E-state index is 0.313. The Bertz CT molecular complexity index is 973. The molecule has 134 valence electrons. The first-order chi connectivity index (χ1) is 12.7. The number of amides is 1. The van der Waals surface area contributed by atoms with E-state index >= 15 is 0 Å². The molecule has 8 nitrogen and oxygen atoms in total. The zero-order valence-corrected chi connectivity index (χ0v) is 14.1. The van der Waals surface area contributed by atoms with Crippen LogP contribution in [-0.4, -0.2) is 40.3 Å². The summed E-state index contributed by atoms with van der Waals surface area (Å²) in [6, 6.07) is 3.61. The van der Waals surface area contributed by atoms with Gasteiger partial charge in [0.15, 0.2) is 0 Å². The van der Waals surface area contributed by atoms with E-state index in [4.69, 9.17) is 10.5 Å². The first-order valence-electron chi connectivity index (χ1n) is 8.82. The second kappa shape index (κ2) is 5.69. The van der Waals surface area contributed by atoms with Gasteiger partial charge in [-0.1, -0.05) is 0 Å². The van der Waals surface area contributed by atoms with Crippen LogP contribution in [0, 0.1) is 5.92 Å². The molecule has 1 aromatic carbocycles. The number of nitrogens with two attached hydrogens (primary N) is 1. The van der Waals surface area contributed by atoms with Gasteiger partial charge in [0.1, 0.15) is 18.4 Å². The van der Waals surface area contributed by atoms with E-state index in [2.05, 4.69) is 25.8 Å². The van der Waals surface area contributed by atoms with Gasteiger partial charge in [-0.2, -0.15) is 5.10 Å². The van der Waals surface area contributed by atoms with Gasteiger partial charge in [0.05, 0.1) is 28.5 Å². The molecular formula is C18H20N6O2. The Kier molecular flexibility index (Phi) is 3.31. The topological polar surface area (TPSA) is 121 Å². The highest BCUT2D eigenvalue weighted by atomic mass is 16.5. The van der Waals surface area contributed by atoms with Gasteiger partial charge in [0, 0.05) is 30.1 Å². The number of carbonyl (C=O) groups excluding carboxylic acids is 1. The maximum atomic E-state index is 11.8. The zero-order chi connectivity index (χ0) is 17.7. The molecule has 2 aliphatic rings. The van der Waals surface area contributed by atoms with E-state index in [1.165, 1.54) is 0 Å². The van der Waals surface area contributed by atoms with E-state index in [1.807, 2.05) is 18.3 Å². The maximum absolute atomic E-state index is 11.8. The normalized spacial score (nSPS) is 17.2. The number of benzene rings is 1. The number of hydrogen-bond donors (Lipinski definition) is 5. The first kappa shape index (κ1) is 15.1. The summed E-state index contributed by atoms with van der Waals surface area (Å²) in [5.74, 6) is 0.799. The zero-order valence-electron chi connectivity index (χ0n) is 14.1. The second-order valence-corrected chi connectivity index (χ2v) is 6.90. The summed E-state index contributed by atoms with van der Waals surface area (Å²) < 4.78 is 5.95. The highest BCUT2D eigenvalue weighted by Gasteiger charge is 2.35. The lowest BCUT2D eigenvalue weighted by Gasteiger charge is -2.17. The standard InChI is InChI=1S/C18H20N6O2/c19-18(25)16(9-1-2-9)23-11-5-12-14-13(6-11)26-4-3-20-17(14)15(24-12)10-7-21-22-8-10/h5-9,16,20,23-24H,1-4H2,(H2,19,25)(H,21,22)/t16-/m0/s1. The molecule has 2 aromatic heterocycles. The smallest absolute Gasteiger partial charge is 0.240 e. The van der Waals surface area contributed by atoms with Crippen LogP contribution >= 0.6 is 0 Å². The van der Waals surface area contributed by atoms with E-state index < -0.39 is 0 Å². The van der Waals surface area contributed by atoms with Crippen LogP contribution in [0.1, 0.15) is 12.8 Å². The van der Waals surface area contributed by atoms with Crippen LogP contribution in [0.3, 0.4) is 0 Å². The van der Waals surface area contributed by atoms with E-state index in [9.17, 15) is 4.79 Å². The van der Waals surface area contributed by atoms with Gasteiger partial charge in [0.2, 0.25) is 5.91 Å². The molecule has 6 N–H and O–H groups in total. The Morgan fingerprint density at radius 3 is 3.00 bits per heavy atom. The molecule has 3 heterocycles. The molecule has 5 rings (SSSR count). The third-order valence-corrected chi connectivity index (χ3v) is 5.03. The molecule has 0 spiro atoms. The van der Waals surface area contributed by atoms with E-state index in [0.717, 1.165) is 52.1 Å². The Balaban J connectivity index is 1.62. The summed E-state index contributed by atoms with van der Waals surface area (Å²) >= 11 is 0. The highest BCUT2D eigenvalue weighted by molar-refractivity contribution is 6.06. The fourth-order valence-corrected chi connectivity index (χ4v) is 3.64. The number of aromatic nitrogens is 3. The predicted octanol–water partition coefficient (Wildman–Crippen LogP) is 2.04. The molecular weight excluding hydrogens is 332 g/mol. The number of hydrogen-bond acceptors (Lipinski definition) is 5. The van der Waals surface area contributed by atoms with Crippen LogP contribution in [0.15, 0.2) is 24.5 Å². The highest BCUT2D eigenvalue weighted by Crippen LogP contribution is 2.43. The third kappa shape index (κ3) is 2.45. The third-order valence-electron chi connectivity index (χ3n) is 5.03. The Morgan fingerprint density at radius 1 is 1.38 bits per heavy atom. The number of anilines is 2. The van der Waals surface area contributed by atoms with Crippen LogP contribution < -0.4 is 21.1 Å². The van der Waals surface area contributed by atoms with Gasteiger partial charge in [-0.25, -0.2) is 0 Å². The number of aromatic amines is 2. The minimum Gasteiger partial charge on any atom is -0.491 e. The molecule has 1 aliphatic carbocycles. The van der Waals surface area contributed by atoms with Crippen molar-refractivity contribution in [2.45, 2.75) is 18.9 Å². The van der Waals surface area contributed by atoms with Crippen molar-refractivity contribution in [1.29, 1.82) is 0 Å². The number of nitrogens with zero attached hydrogens (tertiary/aromatic N) is 1. The van der Waals surface area contributed by atoms with Crippen molar-refractivity contribution in [1.82, 2.24) is 15.2 Å². The van der Waals surface area contributed by atoms with Gasteiger partial charge < -0.3 is 26.1 Å². The van der Waals surface area contributed by atoms with Crippen molar-refractivity contribution in [2.75, 3.05) is 23.8 Å². The Labute approximate surface area is 149 Å². The molecule has 0 bridgehead atoms. The summed E-state index contributed by atoms with van der Waals surface area (Å²) in [4.78, 5) is 15.2. The Hall–Kier alpha value is -3.16. The van der Waals surface area contributed by atoms with Gasteiger partial charge in [-0.15, -0.1) is 0 Å². The summed E-state index contributed by atoms with van der Waals surface area (Å²) in [6.07, 6.45) is 5.70. The second-order valence-electron chi connectivity index (χ2n) is 6.90. The minimum atomic E-state index is -0.341. The van der Waals surface area contributed by atoms with Crippen LogP contribution in [0.5, 0.6) is 5.75 Å². The number of primary amides is 1. The maximum Gasteiger partial charge on any atom is 0.240 e. The molecule has 1 fully saturated rings. The van der Waals surface area contributed by atoms with Crippen molar-refractivity contribution in [3.8, 4) is 17.0 Å². The van der Waals surface area contributed by atoms with Gasteiger partial charge >= 0.3 is 0 Å². The summed E-state index contributed by atoms with van der Waals surface area (Å²) in [5, 5.41) is 14.6. The number of H-pyrrole nitrogens is 2. The average molecular weight is 352 g/mol. The van der Waals surface area contributed by atoms with Crippen LogP contribution in [0.4, 0.5) is 11.4 Å². The first-order valence-corrected chi connectivity index (χ1v) is 8.82. The molecule has 8 heteroatoms. The molecule has 0 unspecified atom stereocenters. The summed E-state index contributed by atoms with van der Waals surface area (Å²) in [6.45, 7) is 1.28. The van der Waals surface area contributed by atoms with Crippen LogP contribution in [0.25, 0.3) is 22.2 Å². The Morgan fingerprint density at radius 2 is 2.27 bits per heavy atom. The summed E-state index contributed by atoms with van der Waals surface area (Å²) in [7, 11) is 0. The largest absolute Gasteiger partial charge is 0.491 e. The lowest BCUT2D eigenvalue weighted by atomic mass is 10.1. The molecule has 1 saturated carbocycles. The number of ether oxygens (including phenoxy) is 1. The van der Waals surface area contributed by atoms with E-state index in [0.29, 0.717) is 19.1 Å². The SMILES string of the molecule is NC(=O)[C@@H](Nc1cc2c3c(c(-c4cn[nH]c4)[nH]c3c1)NCCO2)C1CC1. The van der Waals surface area contributed by atoms with Crippen LogP contribution in [0.2, 0.25) is 0 Å². The molecule has 3 aromatic rings. The number of rotatable bonds is 5. The van der Waals surface area contributed by atoms with Crippen molar-refractivity contribution >= 4 is 28.2 Å². The van der Waals surface area contributed by atoms with Gasteiger partial charge in [0.25, 0.3) is 0 Å². The summed E-state index contributed by atoms with van der Waals surface area (Å²) in [5.41, 5.74) is 10.3. The lowest BCUT2D eigenvalue weighted by Crippen LogP contribution is -2.37. The lowest BCUT2D eigenvalue weighted by molar-refractivity contribution is -0.119. The predicted molar refractivity (Wildman–Crippen MR) is 99.2 cm³/mol. The van der Waals surface area contributed by atoms with Crippen LogP contribution in [-0.2, 0) is 4.79 Å². The molecule has 1 aliphatic heterocycles. The number of carbonyl (C=O) groups is 1. The monoisotopic (exact) mass is 352 g/mol. The molecule has 26 heavy (non-hydrogen) atoms. The average Bonchev–Trinajstić information content (AvgIpc) is 3.24. The number of nitrogens with one attached hydrogen (secondary N) is 4. The fourth-order valence-electron chi connectivity index (χ4n) is 3.64. The molecule has 1 atom stereocenters. The van der Waals surface area contributed by atoms with Crippen molar-refractivity contribution in [3.63, 3.8) is 0 Å². The van der Waals surface area contributed by atoms with Crippen molar-refractivity contribution < 1.29 is 9.53 Å². The van der Waals surface area contributed by atoms with Gasteiger partial charge in [-0.3, -0.25) is 9.89 Å². The molecule has 0 saturated heterocycles. The van der Waals surface area contributed by atoms with E-state index in [-0.39, 0.29) is 11.9 Å².